The van der Waals surface area contributed by atoms with Gasteiger partial charge in [0, 0.05) is 24.7 Å². The van der Waals surface area contributed by atoms with Gasteiger partial charge in [0.2, 0.25) is 5.91 Å². The van der Waals surface area contributed by atoms with Crippen molar-refractivity contribution in [3.8, 4) is 0 Å². The first-order chi connectivity index (χ1) is 8.52. The second kappa shape index (κ2) is 6.93. The van der Waals surface area contributed by atoms with E-state index in [1.807, 2.05) is 13.8 Å². The van der Waals surface area contributed by atoms with E-state index in [0.29, 0.717) is 18.7 Å². The molecule has 0 aromatic heterocycles. The number of nitrogens with one attached hydrogen (secondary N) is 2. The third-order valence-electron chi connectivity index (χ3n) is 2.62. The highest BCUT2D eigenvalue weighted by atomic mass is 19.2. The molecule has 1 atom stereocenters. The topological polar surface area (TPSA) is 41.1 Å². The summed E-state index contributed by atoms with van der Waals surface area (Å²) in [6.45, 7) is 4.30. The highest BCUT2D eigenvalue weighted by Crippen LogP contribution is 2.12. The molecule has 1 aromatic rings. The molecule has 1 rings (SSSR count). The van der Waals surface area contributed by atoms with Crippen LogP contribution in [0.4, 0.5) is 14.5 Å². The van der Waals surface area contributed by atoms with Crippen molar-refractivity contribution in [2.24, 2.45) is 0 Å². The number of rotatable bonds is 6. The highest BCUT2D eigenvalue weighted by molar-refractivity contribution is 5.76. The van der Waals surface area contributed by atoms with E-state index in [0.717, 1.165) is 18.6 Å². The monoisotopic (exact) mass is 256 g/mol. The van der Waals surface area contributed by atoms with Crippen molar-refractivity contribution in [3.63, 3.8) is 0 Å². The normalized spacial score (nSPS) is 12.0. The van der Waals surface area contributed by atoms with E-state index in [1.165, 1.54) is 6.07 Å². The molecule has 0 radical (unpaired) electrons. The molecule has 1 unspecified atom stereocenters. The summed E-state index contributed by atoms with van der Waals surface area (Å²) in [5, 5.41) is 5.69. The first-order valence-electron chi connectivity index (χ1n) is 6.01. The van der Waals surface area contributed by atoms with Crippen LogP contribution in [-0.4, -0.2) is 18.5 Å². The SMILES string of the molecule is CCC(C)NC(=O)CCNc1ccc(F)c(F)c1. The van der Waals surface area contributed by atoms with Gasteiger partial charge in [-0.05, 0) is 31.5 Å². The molecule has 18 heavy (non-hydrogen) atoms. The van der Waals surface area contributed by atoms with E-state index in [4.69, 9.17) is 0 Å². The molecule has 0 saturated carbocycles. The molecule has 1 amide bonds. The van der Waals surface area contributed by atoms with Crippen molar-refractivity contribution in [2.45, 2.75) is 32.7 Å². The van der Waals surface area contributed by atoms with E-state index >= 15 is 0 Å². The van der Waals surface area contributed by atoms with Crippen molar-refractivity contribution in [2.75, 3.05) is 11.9 Å². The van der Waals surface area contributed by atoms with Gasteiger partial charge >= 0.3 is 0 Å². The minimum absolute atomic E-state index is 0.0561. The minimum atomic E-state index is -0.899. The van der Waals surface area contributed by atoms with Crippen molar-refractivity contribution >= 4 is 11.6 Å². The van der Waals surface area contributed by atoms with Crippen molar-refractivity contribution in [1.82, 2.24) is 5.32 Å². The molecule has 5 heteroatoms. The van der Waals surface area contributed by atoms with Crippen LogP contribution in [0.5, 0.6) is 0 Å². The van der Waals surface area contributed by atoms with Crippen molar-refractivity contribution in [1.29, 1.82) is 0 Å². The Balaban J connectivity index is 2.33. The van der Waals surface area contributed by atoms with Gasteiger partial charge in [0.15, 0.2) is 11.6 Å². The highest BCUT2D eigenvalue weighted by Gasteiger charge is 2.06. The molecule has 0 aliphatic carbocycles. The average molecular weight is 256 g/mol. The lowest BCUT2D eigenvalue weighted by Gasteiger charge is -2.12. The van der Waals surface area contributed by atoms with Gasteiger partial charge in [-0.2, -0.15) is 0 Å². The molecule has 0 bridgehead atoms. The number of anilines is 1. The van der Waals surface area contributed by atoms with E-state index in [2.05, 4.69) is 10.6 Å². The Labute approximate surface area is 106 Å². The largest absolute Gasteiger partial charge is 0.384 e. The predicted molar refractivity (Wildman–Crippen MR) is 67.4 cm³/mol. The van der Waals surface area contributed by atoms with Gasteiger partial charge in [0.1, 0.15) is 0 Å². The van der Waals surface area contributed by atoms with Gasteiger partial charge in [-0.1, -0.05) is 6.92 Å². The van der Waals surface area contributed by atoms with E-state index in [9.17, 15) is 13.6 Å². The van der Waals surface area contributed by atoms with Crippen LogP contribution in [0.1, 0.15) is 26.7 Å². The summed E-state index contributed by atoms with van der Waals surface area (Å²) in [7, 11) is 0. The summed E-state index contributed by atoms with van der Waals surface area (Å²) in [6.07, 6.45) is 1.17. The van der Waals surface area contributed by atoms with Crippen LogP contribution in [-0.2, 0) is 4.79 Å². The van der Waals surface area contributed by atoms with E-state index < -0.39 is 11.6 Å². The number of carbonyl (C=O) groups is 1. The Morgan fingerprint density at radius 1 is 1.33 bits per heavy atom. The molecule has 1 aromatic carbocycles. The van der Waals surface area contributed by atoms with Gasteiger partial charge in [-0.15, -0.1) is 0 Å². The maximum Gasteiger partial charge on any atom is 0.221 e. The Kier molecular flexibility index (Phi) is 5.55. The van der Waals surface area contributed by atoms with Gasteiger partial charge in [-0.3, -0.25) is 4.79 Å². The minimum Gasteiger partial charge on any atom is -0.384 e. The van der Waals surface area contributed by atoms with Gasteiger partial charge in [-0.25, -0.2) is 8.78 Å². The summed E-state index contributed by atoms with van der Waals surface area (Å²) in [5.41, 5.74) is 0.463. The van der Waals surface area contributed by atoms with Crippen LogP contribution in [0.3, 0.4) is 0 Å². The predicted octanol–water partition coefficient (Wildman–Crippen LogP) is 2.68. The Hall–Kier alpha value is -1.65. The van der Waals surface area contributed by atoms with Crippen LogP contribution in [0, 0.1) is 11.6 Å². The van der Waals surface area contributed by atoms with E-state index in [1.54, 1.807) is 0 Å². The first-order valence-corrected chi connectivity index (χ1v) is 6.01. The lowest BCUT2D eigenvalue weighted by molar-refractivity contribution is -0.121. The average Bonchev–Trinajstić information content (AvgIpc) is 2.33. The molecule has 0 aliphatic rings. The Morgan fingerprint density at radius 2 is 2.06 bits per heavy atom. The molecular weight excluding hydrogens is 238 g/mol. The lowest BCUT2D eigenvalue weighted by atomic mass is 10.2. The summed E-state index contributed by atoms with van der Waals surface area (Å²) in [4.78, 5) is 11.4. The van der Waals surface area contributed by atoms with Crippen molar-refractivity contribution < 1.29 is 13.6 Å². The molecule has 0 aliphatic heterocycles. The van der Waals surface area contributed by atoms with E-state index in [-0.39, 0.29) is 11.9 Å². The molecule has 100 valence electrons. The maximum absolute atomic E-state index is 12.9. The molecule has 3 nitrogen and oxygen atoms in total. The summed E-state index contributed by atoms with van der Waals surface area (Å²) >= 11 is 0. The molecule has 0 fully saturated rings. The number of carbonyl (C=O) groups excluding carboxylic acids is 1. The fraction of sp³-hybridized carbons (Fsp3) is 0.462. The van der Waals surface area contributed by atoms with Crippen LogP contribution in [0.25, 0.3) is 0 Å². The zero-order valence-electron chi connectivity index (χ0n) is 10.6. The molecule has 2 N–H and O–H groups in total. The molecule has 0 spiro atoms. The number of hydrogen-bond acceptors (Lipinski definition) is 2. The molecular formula is C13H18F2N2O. The second-order valence-electron chi connectivity index (χ2n) is 4.18. The molecule has 0 heterocycles. The smallest absolute Gasteiger partial charge is 0.221 e. The van der Waals surface area contributed by atoms with Crippen molar-refractivity contribution in [3.05, 3.63) is 29.8 Å². The fourth-order valence-corrected chi connectivity index (χ4v) is 1.38. The summed E-state index contributed by atoms with van der Waals surface area (Å²) in [6, 6.07) is 3.71. The fourth-order valence-electron chi connectivity index (χ4n) is 1.38. The van der Waals surface area contributed by atoms with Gasteiger partial charge in [0.05, 0.1) is 0 Å². The number of hydrogen-bond donors (Lipinski definition) is 2. The number of benzene rings is 1. The quantitative estimate of drug-likeness (QED) is 0.821. The van der Waals surface area contributed by atoms with Crippen LogP contribution in [0.2, 0.25) is 0 Å². The molecule has 0 saturated heterocycles. The zero-order valence-corrected chi connectivity index (χ0v) is 10.6. The van der Waals surface area contributed by atoms with Crippen LogP contribution < -0.4 is 10.6 Å². The maximum atomic E-state index is 12.9. The third kappa shape index (κ3) is 4.69. The zero-order chi connectivity index (χ0) is 13.5. The van der Waals surface area contributed by atoms with Crippen LogP contribution in [0.15, 0.2) is 18.2 Å². The van der Waals surface area contributed by atoms with Gasteiger partial charge < -0.3 is 10.6 Å². The first kappa shape index (κ1) is 14.4. The van der Waals surface area contributed by atoms with Gasteiger partial charge in [0.25, 0.3) is 0 Å². The number of amides is 1. The second-order valence-corrected chi connectivity index (χ2v) is 4.18. The standard InChI is InChI=1S/C13H18F2N2O/c1-3-9(2)17-13(18)6-7-16-10-4-5-11(14)12(15)8-10/h4-5,8-9,16H,3,6-7H2,1-2H3,(H,17,18). The van der Waals surface area contributed by atoms with Crippen LogP contribution >= 0.6 is 0 Å². The number of halogens is 2. The Bertz CT molecular complexity index is 410. The summed E-state index contributed by atoms with van der Waals surface area (Å²) < 4.78 is 25.6. The lowest BCUT2D eigenvalue weighted by Crippen LogP contribution is -2.32. The summed E-state index contributed by atoms with van der Waals surface area (Å²) in [5.74, 6) is -1.83. The Morgan fingerprint density at radius 3 is 2.67 bits per heavy atom. The third-order valence-corrected chi connectivity index (χ3v) is 2.62.